The van der Waals surface area contributed by atoms with Gasteiger partial charge in [-0.15, -0.1) is 5.10 Å². The predicted octanol–water partition coefficient (Wildman–Crippen LogP) is 1.39. The van der Waals surface area contributed by atoms with Crippen LogP contribution in [0.5, 0.6) is 0 Å². The zero-order valence-corrected chi connectivity index (χ0v) is 14.4. The molecule has 26 heavy (non-hydrogen) atoms. The van der Waals surface area contributed by atoms with Gasteiger partial charge in [0.25, 0.3) is 11.7 Å². The van der Waals surface area contributed by atoms with Crippen LogP contribution >= 0.6 is 0 Å². The molecule has 4 rings (SSSR count). The molecule has 1 aliphatic rings. The Labute approximate surface area is 149 Å². The van der Waals surface area contributed by atoms with E-state index in [1.165, 1.54) is 9.42 Å². The van der Waals surface area contributed by atoms with Crippen LogP contribution in [0.3, 0.4) is 0 Å². The third-order valence-corrected chi connectivity index (χ3v) is 4.60. The first-order valence-electron chi connectivity index (χ1n) is 8.25. The third-order valence-electron chi connectivity index (χ3n) is 4.60. The van der Waals surface area contributed by atoms with Crippen molar-refractivity contribution in [3.8, 4) is 0 Å². The molecule has 3 aromatic rings. The molecule has 1 atom stereocenters. The number of nitrogens with zero attached hydrogens (tertiary/aromatic N) is 5. The molecular formula is C18H17N5O3. The first kappa shape index (κ1) is 16.2. The molecule has 1 amide bonds. The Morgan fingerprint density at radius 3 is 2.62 bits per heavy atom. The topological polar surface area (TPSA) is 101 Å². The van der Waals surface area contributed by atoms with E-state index in [4.69, 9.17) is 0 Å². The number of aromatic nitrogens is 4. The second-order valence-electron chi connectivity index (χ2n) is 6.45. The monoisotopic (exact) mass is 351 g/mol. The molecule has 1 aliphatic heterocycles. The lowest BCUT2D eigenvalue weighted by atomic mass is 9.94. The number of aliphatic carboxylic acids is 1. The summed E-state index contributed by atoms with van der Waals surface area (Å²) in [5.41, 5.74) is 3.46. The summed E-state index contributed by atoms with van der Waals surface area (Å²) in [5.74, 6) is -1.26. The average molecular weight is 351 g/mol. The van der Waals surface area contributed by atoms with Crippen LogP contribution in [-0.2, 0) is 17.8 Å². The van der Waals surface area contributed by atoms with E-state index < -0.39 is 17.9 Å². The molecule has 2 aromatic heterocycles. The van der Waals surface area contributed by atoms with Gasteiger partial charge in [0.1, 0.15) is 6.04 Å². The smallest absolute Gasteiger partial charge is 0.326 e. The Morgan fingerprint density at radius 1 is 1.15 bits per heavy atom. The molecular weight excluding hydrogens is 334 g/mol. The van der Waals surface area contributed by atoms with Crippen molar-refractivity contribution in [1.82, 2.24) is 24.5 Å². The Bertz CT molecular complexity index is 1040. The fraction of sp³-hybridized carbons (Fsp3) is 0.278. The minimum Gasteiger partial charge on any atom is -0.480 e. The zero-order chi connectivity index (χ0) is 18.4. The van der Waals surface area contributed by atoms with Crippen molar-refractivity contribution in [2.75, 3.05) is 0 Å². The van der Waals surface area contributed by atoms with Crippen molar-refractivity contribution in [3.63, 3.8) is 0 Å². The van der Waals surface area contributed by atoms with Crippen LogP contribution in [-0.4, -0.2) is 47.5 Å². The van der Waals surface area contributed by atoms with Crippen LogP contribution in [0, 0.1) is 13.8 Å². The van der Waals surface area contributed by atoms with E-state index in [0.29, 0.717) is 5.78 Å². The van der Waals surface area contributed by atoms with Gasteiger partial charge in [0.2, 0.25) is 5.82 Å². The highest BCUT2D eigenvalue weighted by Crippen LogP contribution is 2.24. The van der Waals surface area contributed by atoms with Gasteiger partial charge in [-0.3, -0.25) is 4.79 Å². The molecule has 1 aromatic carbocycles. The summed E-state index contributed by atoms with van der Waals surface area (Å²) >= 11 is 0. The van der Waals surface area contributed by atoms with E-state index in [0.717, 1.165) is 22.5 Å². The van der Waals surface area contributed by atoms with Crippen LogP contribution < -0.4 is 0 Å². The lowest BCUT2D eigenvalue weighted by Gasteiger charge is -2.33. The number of fused-ring (bicyclic) bond motifs is 2. The number of hydrogen-bond donors (Lipinski definition) is 1. The lowest BCUT2D eigenvalue weighted by Crippen LogP contribution is -2.49. The van der Waals surface area contributed by atoms with Crippen molar-refractivity contribution in [3.05, 3.63) is 58.7 Å². The lowest BCUT2D eigenvalue weighted by molar-refractivity contribution is -0.142. The van der Waals surface area contributed by atoms with E-state index in [9.17, 15) is 14.7 Å². The van der Waals surface area contributed by atoms with Gasteiger partial charge in [-0.25, -0.2) is 14.3 Å². The summed E-state index contributed by atoms with van der Waals surface area (Å²) in [6, 6.07) is 8.44. The van der Waals surface area contributed by atoms with Crippen LogP contribution in [0.25, 0.3) is 5.78 Å². The Kier molecular flexibility index (Phi) is 3.68. The predicted molar refractivity (Wildman–Crippen MR) is 91.7 cm³/mol. The van der Waals surface area contributed by atoms with Crippen molar-refractivity contribution in [2.45, 2.75) is 32.9 Å². The van der Waals surface area contributed by atoms with Gasteiger partial charge in [-0.2, -0.15) is 4.98 Å². The number of carbonyl (C=O) groups excluding carboxylic acids is 1. The molecule has 1 unspecified atom stereocenters. The molecule has 3 heterocycles. The van der Waals surface area contributed by atoms with Gasteiger partial charge in [0, 0.05) is 24.4 Å². The van der Waals surface area contributed by atoms with E-state index in [1.807, 2.05) is 44.2 Å². The number of aryl methyl sites for hydroxylation is 2. The van der Waals surface area contributed by atoms with E-state index in [-0.39, 0.29) is 18.8 Å². The zero-order valence-electron chi connectivity index (χ0n) is 14.4. The minimum absolute atomic E-state index is 0.0446. The standard InChI is InChI=1S/C18H17N5O3/c1-10-7-11(2)23-18(19-10)20-15(21-23)16(24)22-9-13-6-4-3-5-12(13)8-14(22)17(25)26/h3-7,14H,8-9H2,1-2H3,(H,25,26). The van der Waals surface area contributed by atoms with Crippen molar-refractivity contribution < 1.29 is 14.7 Å². The van der Waals surface area contributed by atoms with Gasteiger partial charge in [0.05, 0.1) is 0 Å². The van der Waals surface area contributed by atoms with Crippen molar-refractivity contribution >= 4 is 17.7 Å². The quantitative estimate of drug-likeness (QED) is 0.749. The fourth-order valence-electron chi connectivity index (χ4n) is 3.34. The summed E-state index contributed by atoms with van der Waals surface area (Å²) in [7, 11) is 0. The molecule has 0 spiro atoms. The number of carboxylic acid groups (broad SMARTS) is 1. The van der Waals surface area contributed by atoms with E-state index in [2.05, 4.69) is 15.1 Å². The second-order valence-corrected chi connectivity index (χ2v) is 6.45. The largest absolute Gasteiger partial charge is 0.480 e. The summed E-state index contributed by atoms with van der Waals surface area (Å²) in [5, 5.41) is 13.8. The van der Waals surface area contributed by atoms with Crippen LogP contribution in [0.4, 0.5) is 0 Å². The Balaban J connectivity index is 1.74. The molecule has 0 radical (unpaired) electrons. The first-order valence-corrected chi connectivity index (χ1v) is 8.25. The summed E-state index contributed by atoms with van der Waals surface area (Å²) < 4.78 is 1.49. The second kappa shape index (κ2) is 5.91. The molecule has 0 saturated carbocycles. The van der Waals surface area contributed by atoms with Crippen LogP contribution in [0.1, 0.15) is 33.1 Å². The SMILES string of the molecule is Cc1cc(C)n2nc(C(=O)N3Cc4ccccc4CC3C(=O)O)nc2n1. The number of benzene rings is 1. The van der Waals surface area contributed by atoms with Gasteiger partial charge >= 0.3 is 5.97 Å². The fourth-order valence-corrected chi connectivity index (χ4v) is 3.34. The molecule has 0 bridgehead atoms. The Morgan fingerprint density at radius 2 is 1.88 bits per heavy atom. The maximum absolute atomic E-state index is 13.0. The van der Waals surface area contributed by atoms with Gasteiger partial charge in [-0.1, -0.05) is 24.3 Å². The molecule has 8 nitrogen and oxygen atoms in total. The summed E-state index contributed by atoms with van der Waals surface area (Å²) in [4.78, 5) is 34.5. The number of carbonyl (C=O) groups is 2. The minimum atomic E-state index is -1.04. The number of carboxylic acids is 1. The molecule has 1 N–H and O–H groups in total. The first-order chi connectivity index (χ1) is 12.4. The highest BCUT2D eigenvalue weighted by Gasteiger charge is 2.36. The van der Waals surface area contributed by atoms with Crippen LogP contribution in [0.2, 0.25) is 0 Å². The van der Waals surface area contributed by atoms with E-state index in [1.54, 1.807) is 0 Å². The van der Waals surface area contributed by atoms with Gasteiger partial charge in [0.15, 0.2) is 0 Å². The van der Waals surface area contributed by atoms with Gasteiger partial charge in [-0.05, 0) is 31.0 Å². The summed E-state index contributed by atoms with van der Waals surface area (Å²) in [6.07, 6.45) is 0.265. The van der Waals surface area contributed by atoms with Gasteiger partial charge < -0.3 is 10.0 Å². The Hall–Kier alpha value is -3.29. The van der Waals surface area contributed by atoms with Crippen molar-refractivity contribution in [2.24, 2.45) is 0 Å². The van der Waals surface area contributed by atoms with E-state index >= 15 is 0 Å². The van der Waals surface area contributed by atoms with Crippen LogP contribution in [0.15, 0.2) is 30.3 Å². The molecule has 0 aliphatic carbocycles. The normalized spacial score (nSPS) is 16.5. The summed E-state index contributed by atoms with van der Waals surface area (Å²) in [6.45, 7) is 3.90. The molecule has 0 saturated heterocycles. The van der Waals surface area contributed by atoms with Crippen molar-refractivity contribution in [1.29, 1.82) is 0 Å². The average Bonchev–Trinajstić information content (AvgIpc) is 3.04. The number of hydrogen-bond acceptors (Lipinski definition) is 5. The maximum Gasteiger partial charge on any atom is 0.326 e. The molecule has 8 heteroatoms. The third kappa shape index (κ3) is 2.59. The molecule has 0 fully saturated rings. The number of rotatable bonds is 2. The highest BCUT2D eigenvalue weighted by atomic mass is 16.4. The highest BCUT2D eigenvalue weighted by molar-refractivity contribution is 5.94. The molecule has 132 valence electrons. The number of amides is 1. The maximum atomic E-state index is 13.0.